The third-order valence-corrected chi connectivity index (χ3v) is 3.57. The van der Waals surface area contributed by atoms with E-state index in [0.29, 0.717) is 6.04 Å². The molecule has 0 atom stereocenters. The van der Waals surface area contributed by atoms with E-state index in [9.17, 15) is 0 Å². The molecule has 2 fully saturated rings. The van der Waals surface area contributed by atoms with Crippen LogP contribution in [0.1, 0.15) is 19.3 Å². The normalized spacial score (nSPS) is 22.9. The second-order valence-electron chi connectivity index (χ2n) is 4.63. The van der Waals surface area contributed by atoms with Crippen molar-refractivity contribution in [2.75, 3.05) is 39.3 Å². The third-order valence-electron chi connectivity index (χ3n) is 3.20. The minimum atomic E-state index is 0.255. The molecule has 4 nitrogen and oxygen atoms in total. The molecule has 1 heterocycles. The number of aliphatic hydroxyl groups is 1. The Kier molecular flexibility index (Phi) is 4.37. The summed E-state index contributed by atoms with van der Waals surface area (Å²) >= 11 is 5.40. The summed E-state index contributed by atoms with van der Waals surface area (Å²) in [5.74, 6) is 0. The molecule has 16 heavy (non-hydrogen) atoms. The molecule has 0 amide bonds. The molecule has 0 spiro atoms. The first kappa shape index (κ1) is 12.1. The first-order chi connectivity index (χ1) is 7.79. The Labute approximate surface area is 103 Å². The standard InChI is InChI=1S/C11H21N3OS/c15-9-8-13-4-1-5-14(7-6-13)11(16)12-10-2-3-10/h10,15H,1-9H2,(H,12,16). The van der Waals surface area contributed by atoms with Gasteiger partial charge in [-0.15, -0.1) is 0 Å². The summed E-state index contributed by atoms with van der Waals surface area (Å²) in [7, 11) is 0. The Morgan fingerprint density at radius 3 is 2.75 bits per heavy atom. The van der Waals surface area contributed by atoms with Crippen LogP contribution in [0.15, 0.2) is 0 Å². The average Bonchev–Trinajstić information content (AvgIpc) is 3.05. The lowest BCUT2D eigenvalue weighted by Gasteiger charge is -2.24. The summed E-state index contributed by atoms with van der Waals surface area (Å²) in [6.07, 6.45) is 3.67. The van der Waals surface area contributed by atoms with Crippen LogP contribution in [-0.2, 0) is 0 Å². The molecule has 0 bridgehead atoms. The number of β-amino-alcohol motifs (C(OH)–C–C–N with tert-alkyl or cyclic N) is 1. The molecule has 2 rings (SSSR count). The molecule has 0 aromatic heterocycles. The van der Waals surface area contributed by atoms with Gasteiger partial charge in [0, 0.05) is 32.2 Å². The van der Waals surface area contributed by atoms with Gasteiger partial charge >= 0.3 is 0 Å². The van der Waals surface area contributed by atoms with E-state index in [4.69, 9.17) is 17.3 Å². The fourth-order valence-corrected chi connectivity index (χ4v) is 2.38. The van der Waals surface area contributed by atoms with Crippen LogP contribution in [0.2, 0.25) is 0 Å². The maximum absolute atomic E-state index is 8.92. The number of hydrogen-bond acceptors (Lipinski definition) is 3. The quantitative estimate of drug-likeness (QED) is 0.684. The molecular weight excluding hydrogens is 222 g/mol. The van der Waals surface area contributed by atoms with Crippen LogP contribution < -0.4 is 5.32 Å². The van der Waals surface area contributed by atoms with Gasteiger partial charge in [0.15, 0.2) is 5.11 Å². The molecule has 0 radical (unpaired) electrons. The van der Waals surface area contributed by atoms with Crippen molar-refractivity contribution >= 4 is 17.3 Å². The lowest BCUT2D eigenvalue weighted by Crippen LogP contribution is -2.42. The van der Waals surface area contributed by atoms with Gasteiger partial charge in [-0.2, -0.15) is 0 Å². The Morgan fingerprint density at radius 1 is 1.25 bits per heavy atom. The van der Waals surface area contributed by atoms with Crippen LogP contribution in [-0.4, -0.2) is 65.4 Å². The number of rotatable bonds is 3. The number of aliphatic hydroxyl groups excluding tert-OH is 1. The van der Waals surface area contributed by atoms with Crippen molar-refractivity contribution in [3.63, 3.8) is 0 Å². The highest BCUT2D eigenvalue weighted by atomic mass is 32.1. The van der Waals surface area contributed by atoms with Crippen LogP contribution in [0.3, 0.4) is 0 Å². The molecule has 1 saturated heterocycles. The summed E-state index contributed by atoms with van der Waals surface area (Å²) in [6.45, 7) is 5.15. The van der Waals surface area contributed by atoms with E-state index in [1.165, 1.54) is 12.8 Å². The number of hydrogen-bond donors (Lipinski definition) is 2. The Hall–Kier alpha value is -0.390. The maximum Gasteiger partial charge on any atom is 0.169 e. The predicted octanol–water partition coefficient (Wildman–Crippen LogP) is 0.0233. The minimum absolute atomic E-state index is 0.255. The SMILES string of the molecule is OCCN1CCCN(C(=S)NC2CC2)CC1. The molecule has 5 heteroatoms. The maximum atomic E-state index is 8.92. The monoisotopic (exact) mass is 243 g/mol. The van der Waals surface area contributed by atoms with Crippen molar-refractivity contribution in [1.29, 1.82) is 0 Å². The first-order valence-corrected chi connectivity index (χ1v) is 6.59. The van der Waals surface area contributed by atoms with Crippen LogP contribution in [0, 0.1) is 0 Å². The van der Waals surface area contributed by atoms with Crippen molar-refractivity contribution in [2.45, 2.75) is 25.3 Å². The van der Waals surface area contributed by atoms with Gasteiger partial charge in [0.2, 0.25) is 0 Å². The van der Waals surface area contributed by atoms with E-state index in [1.807, 2.05) is 0 Å². The van der Waals surface area contributed by atoms with Crippen molar-refractivity contribution in [3.05, 3.63) is 0 Å². The molecule has 92 valence electrons. The van der Waals surface area contributed by atoms with Crippen molar-refractivity contribution < 1.29 is 5.11 Å². The van der Waals surface area contributed by atoms with Crippen molar-refractivity contribution in [3.8, 4) is 0 Å². The minimum Gasteiger partial charge on any atom is -0.395 e. The van der Waals surface area contributed by atoms with Gasteiger partial charge < -0.3 is 15.3 Å². The van der Waals surface area contributed by atoms with Gasteiger partial charge in [-0.25, -0.2) is 0 Å². The van der Waals surface area contributed by atoms with Crippen molar-refractivity contribution in [2.24, 2.45) is 0 Å². The molecular formula is C11H21N3OS. The van der Waals surface area contributed by atoms with Gasteiger partial charge in [-0.05, 0) is 38.0 Å². The summed E-state index contributed by atoms with van der Waals surface area (Å²) in [4.78, 5) is 4.57. The van der Waals surface area contributed by atoms with Crippen LogP contribution in [0.5, 0.6) is 0 Å². The Balaban J connectivity index is 1.75. The van der Waals surface area contributed by atoms with Crippen molar-refractivity contribution in [1.82, 2.24) is 15.1 Å². The second-order valence-corrected chi connectivity index (χ2v) is 5.02. The highest BCUT2D eigenvalue weighted by molar-refractivity contribution is 7.80. The van der Waals surface area contributed by atoms with E-state index in [2.05, 4.69) is 15.1 Å². The number of nitrogens with zero attached hydrogens (tertiary/aromatic N) is 2. The van der Waals surface area contributed by atoms with Gasteiger partial charge in [0.05, 0.1) is 6.61 Å². The zero-order chi connectivity index (χ0) is 11.4. The topological polar surface area (TPSA) is 38.7 Å². The lowest BCUT2D eigenvalue weighted by molar-refractivity contribution is 0.201. The van der Waals surface area contributed by atoms with Crippen LogP contribution in [0.4, 0.5) is 0 Å². The predicted molar refractivity (Wildman–Crippen MR) is 68.5 cm³/mol. The van der Waals surface area contributed by atoms with Crippen LogP contribution in [0.25, 0.3) is 0 Å². The molecule has 2 aliphatic rings. The van der Waals surface area contributed by atoms with Gasteiger partial charge in [-0.1, -0.05) is 0 Å². The summed E-state index contributed by atoms with van der Waals surface area (Å²) in [5, 5.41) is 13.2. The third kappa shape index (κ3) is 3.57. The molecule has 0 aromatic rings. The molecule has 1 saturated carbocycles. The molecule has 1 aliphatic heterocycles. The Morgan fingerprint density at radius 2 is 2.06 bits per heavy atom. The van der Waals surface area contributed by atoms with Gasteiger partial charge in [0.1, 0.15) is 0 Å². The average molecular weight is 243 g/mol. The number of nitrogens with one attached hydrogen (secondary N) is 1. The van der Waals surface area contributed by atoms with E-state index in [-0.39, 0.29) is 6.61 Å². The largest absolute Gasteiger partial charge is 0.395 e. The summed E-state index contributed by atoms with van der Waals surface area (Å²) in [6, 6.07) is 0.643. The lowest BCUT2D eigenvalue weighted by atomic mass is 10.4. The molecule has 0 aromatic carbocycles. The fraction of sp³-hybridized carbons (Fsp3) is 0.909. The smallest absolute Gasteiger partial charge is 0.169 e. The number of thiocarbonyl (C=S) groups is 1. The van der Waals surface area contributed by atoms with Gasteiger partial charge in [-0.3, -0.25) is 4.90 Å². The molecule has 0 unspecified atom stereocenters. The first-order valence-electron chi connectivity index (χ1n) is 6.18. The fourth-order valence-electron chi connectivity index (χ4n) is 2.03. The van der Waals surface area contributed by atoms with E-state index in [0.717, 1.165) is 44.3 Å². The zero-order valence-electron chi connectivity index (χ0n) is 9.69. The summed E-state index contributed by atoms with van der Waals surface area (Å²) in [5.41, 5.74) is 0. The van der Waals surface area contributed by atoms with E-state index >= 15 is 0 Å². The molecule has 1 aliphatic carbocycles. The van der Waals surface area contributed by atoms with Gasteiger partial charge in [0.25, 0.3) is 0 Å². The summed E-state index contributed by atoms with van der Waals surface area (Å²) < 4.78 is 0. The highest BCUT2D eigenvalue weighted by Gasteiger charge is 2.24. The second kappa shape index (κ2) is 5.80. The van der Waals surface area contributed by atoms with E-state index in [1.54, 1.807) is 0 Å². The zero-order valence-corrected chi connectivity index (χ0v) is 10.5. The van der Waals surface area contributed by atoms with E-state index < -0.39 is 0 Å². The molecule has 2 N–H and O–H groups in total. The Bertz CT molecular complexity index is 245. The highest BCUT2D eigenvalue weighted by Crippen LogP contribution is 2.19. The van der Waals surface area contributed by atoms with Crippen LogP contribution >= 0.6 is 12.2 Å².